The monoisotopic (exact) mass is 366 g/mol. The van der Waals surface area contributed by atoms with E-state index in [2.05, 4.69) is 0 Å². The van der Waals surface area contributed by atoms with Gasteiger partial charge in [0, 0.05) is 23.1 Å². The zero-order valence-corrected chi connectivity index (χ0v) is 15.4. The molecule has 2 aromatic carbocycles. The number of phenolic OH excluding ortho intramolecular Hbond substituents is 1. The molecule has 0 aliphatic rings. The first kappa shape index (κ1) is 18.7. The Kier molecular flexibility index (Phi) is 5.60. The number of esters is 1. The molecule has 1 heterocycles. The number of rotatable bonds is 6. The van der Waals surface area contributed by atoms with Gasteiger partial charge < -0.3 is 14.3 Å². The molecule has 5 heteroatoms. The molecule has 0 amide bonds. The Morgan fingerprint density at radius 2 is 1.85 bits per heavy atom. The van der Waals surface area contributed by atoms with E-state index in [0.29, 0.717) is 23.8 Å². The van der Waals surface area contributed by atoms with Gasteiger partial charge in [-0.05, 0) is 30.0 Å². The highest BCUT2D eigenvalue weighted by Crippen LogP contribution is 2.28. The second kappa shape index (κ2) is 8.08. The van der Waals surface area contributed by atoms with Crippen LogP contribution in [0.4, 0.5) is 0 Å². The molecule has 0 bridgehead atoms. The predicted octanol–water partition coefficient (Wildman–Crippen LogP) is 4.30. The van der Waals surface area contributed by atoms with E-state index in [1.807, 2.05) is 44.2 Å². The Bertz CT molecular complexity index is 1000. The normalized spacial score (nSPS) is 12.1. The highest BCUT2D eigenvalue weighted by molar-refractivity contribution is 5.83. The van der Waals surface area contributed by atoms with Gasteiger partial charge in [0.25, 0.3) is 0 Å². The summed E-state index contributed by atoms with van der Waals surface area (Å²) in [4.78, 5) is 24.4. The van der Waals surface area contributed by atoms with Gasteiger partial charge in [-0.15, -0.1) is 0 Å². The third kappa shape index (κ3) is 4.03. The van der Waals surface area contributed by atoms with E-state index in [0.717, 1.165) is 11.1 Å². The molecule has 3 aromatic rings. The molecule has 0 spiro atoms. The summed E-state index contributed by atoms with van der Waals surface area (Å²) in [6.45, 7) is 3.82. The molecule has 3 rings (SSSR count). The summed E-state index contributed by atoms with van der Waals surface area (Å²) in [7, 11) is 0. The van der Waals surface area contributed by atoms with Crippen LogP contribution in [-0.2, 0) is 22.6 Å². The van der Waals surface area contributed by atoms with Crippen LogP contribution in [0.2, 0.25) is 0 Å². The van der Waals surface area contributed by atoms with Crippen LogP contribution in [0, 0.1) is 0 Å². The second-order valence-corrected chi connectivity index (χ2v) is 6.40. The van der Waals surface area contributed by atoms with Crippen molar-refractivity contribution in [3.63, 3.8) is 0 Å². The smallest absolute Gasteiger partial charge is 0.336 e. The van der Waals surface area contributed by atoms with Crippen molar-refractivity contribution in [1.82, 2.24) is 0 Å². The van der Waals surface area contributed by atoms with Crippen LogP contribution in [-0.4, -0.2) is 11.1 Å². The molecule has 140 valence electrons. The molecule has 27 heavy (non-hydrogen) atoms. The van der Waals surface area contributed by atoms with Crippen LogP contribution < -0.4 is 5.63 Å². The SMILES string of the molecule is CCc1cc2c(COC(=O)[C@@H](CC)c3ccccc3)cc(=O)oc2cc1O. The van der Waals surface area contributed by atoms with Crippen molar-refractivity contribution in [3.05, 3.63) is 75.6 Å². The van der Waals surface area contributed by atoms with Crippen LogP contribution in [0.3, 0.4) is 0 Å². The Labute approximate surface area is 157 Å². The quantitative estimate of drug-likeness (QED) is 0.520. The maximum absolute atomic E-state index is 12.6. The van der Waals surface area contributed by atoms with Gasteiger partial charge in [-0.25, -0.2) is 4.79 Å². The highest BCUT2D eigenvalue weighted by atomic mass is 16.5. The number of carbonyl (C=O) groups excluding carboxylic acids is 1. The third-order valence-electron chi connectivity index (χ3n) is 4.67. The minimum Gasteiger partial charge on any atom is -0.508 e. The molecule has 0 saturated heterocycles. The van der Waals surface area contributed by atoms with Crippen molar-refractivity contribution in [2.45, 2.75) is 39.2 Å². The molecule has 1 atom stereocenters. The van der Waals surface area contributed by atoms with Crippen molar-refractivity contribution in [2.24, 2.45) is 0 Å². The van der Waals surface area contributed by atoms with E-state index in [-0.39, 0.29) is 29.8 Å². The molecule has 1 N–H and O–H groups in total. The van der Waals surface area contributed by atoms with E-state index in [1.54, 1.807) is 6.07 Å². The Balaban J connectivity index is 1.88. The van der Waals surface area contributed by atoms with Gasteiger partial charge in [0.1, 0.15) is 17.9 Å². The number of carbonyl (C=O) groups is 1. The van der Waals surface area contributed by atoms with Crippen molar-refractivity contribution in [3.8, 4) is 5.75 Å². The van der Waals surface area contributed by atoms with E-state index in [4.69, 9.17) is 9.15 Å². The molecule has 5 nitrogen and oxygen atoms in total. The molecular formula is C22H22O5. The van der Waals surface area contributed by atoms with Gasteiger partial charge in [-0.2, -0.15) is 0 Å². The van der Waals surface area contributed by atoms with Crippen molar-refractivity contribution in [1.29, 1.82) is 0 Å². The standard InChI is InChI=1S/C22H22O5/c1-3-14-10-18-16(11-21(24)27-20(18)12-19(14)23)13-26-22(25)17(4-2)15-8-6-5-7-9-15/h5-12,17,23H,3-4,13H2,1-2H3/t17-/m0/s1. The van der Waals surface area contributed by atoms with Crippen LogP contribution in [0.15, 0.2) is 57.7 Å². The van der Waals surface area contributed by atoms with Crippen LogP contribution >= 0.6 is 0 Å². The molecule has 0 aliphatic heterocycles. The summed E-state index contributed by atoms with van der Waals surface area (Å²) < 4.78 is 10.7. The van der Waals surface area contributed by atoms with Crippen molar-refractivity contribution in [2.75, 3.05) is 0 Å². The predicted molar refractivity (Wildman–Crippen MR) is 103 cm³/mol. The molecule has 0 aliphatic carbocycles. The van der Waals surface area contributed by atoms with Crippen molar-refractivity contribution >= 4 is 16.9 Å². The second-order valence-electron chi connectivity index (χ2n) is 6.40. The van der Waals surface area contributed by atoms with E-state index < -0.39 is 5.63 Å². The fraction of sp³-hybridized carbons (Fsp3) is 0.273. The number of aromatic hydroxyl groups is 1. The topological polar surface area (TPSA) is 76.7 Å². The number of phenols is 1. The fourth-order valence-electron chi connectivity index (χ4n) is 3.18. The van der Waals surface area contributed by atoms with Crippen molar-refractivity contribution < 1.29 is 19.1 Å². The first-order valence-corrected chi connectivity index (χ1v) is 9.03. The number of ether oxygens (including phenoxy) is 1. The van der Waals surface area contributed by atoms with Gasteiger partial charge in [0.2, 0.25) is 0 Å². The Morgan fingerprint density at radius 3 is 2.52 bits per heavy atom. The fourth-order valence-corrected chi connectivity index (χ4v) is 3.18. The molecule has 1 aromatic heterocycles. The average molecular weight is 366 g/mol. The molecular weight excluding hydrogens is 344 g/mol. The van der Waals surface area contributed by atoms with Crippen LogP contribution in [0.1, 0.15) is 42.9 Å². The molecule has 0 fully saturated rings. The largest absolute Gasteiger partial charge is 0.508 e. The summed E-state index contributed by atoms with van der Waals surface area (Å²) >= 11 is 0. The molecule has 0 radical (unpaired) electrons. The van der Waals surface area contributed by atoms with Crippen LogP contribution in [0.5, 0.6) is 5.75 Å². The molecule has 0 saturated carbocycles. The first-order valence-electron chi connectivity index (χ1n) is 9.03. The van der Waals surface area contributed by atoms with E-state index in [9.17, 15) is 14.7 Å². The number of fused-ring (bicyclic) bond motifs is 1. The lowest BCUT2D eigenvalue weighted by molar-refractivity contribution is -0.146. The summed E-state index contributed by atoms with van der Waals surface area (Å²) in [5.74, 6) is -0.607. The number of hydrogen-bond donors (Lipinski definition) is 1. The summed E-state index contributed by atoms with van der Waals surface area (Å²) in [5.41, 5.74) is 1.93. The lowest BCUT2D eigenvalue weighted by atomic mass is 9.97. The van der Waals surface area contributed by atoms with E-state index >= 15 is 0 Å². The zero-order chi connectivity index (χ0) is 19.4. The van der Waals surface area contributed by atoms with E-state index in [1.165, 1.54) is 12.1 Å². The lowest BCUT2D eigenvalue weighted by Gasteiger charge is -2.15. The van der Waals surface area contributed by atoms with Gasteiger partial charge in [-0.3, -0.25) is 4.79 Å². The summed E-state index contributed by atoms with van der Waals surface area (Å²) in [6, 6.07) is 14.0. The third-order valence-corrected chi connectivity index (χ3v) is 4.67. The summed E-state index contributed by atoms with van der Waals surface area (Å²) in [6.07, 6.45) is 1.25. The van der Waals surface area contributed by atoms with Gasteiger partial charge in [-0.1, -0.05) is 44.2 Å². The molecule has 0 unspecified atom stereocenters. The Hall–Kier alpha value is -3.08. The zero-order valence-electron chi connectivity index (χ0n) is 15.4. The minimum atomic E-state index is -0.549. The summed E-state index contributed by atoms with van der Waals surface area (Å²) in [5, 5.41) is 10.6. The average Bonchev–Trinajstić information content (AvgIpc) is 2.67. The van der Waals surface area contributed by atoms with Gasteiger partial charge in [0.05, 0.1) is 5.92 Å². The maximum Gasteiger partial charge on any atom is 0.336 e. The van der Waals surface area contributed by atoms with Gasteiger partial charge in [0.15, 0.2) is 0 Å². The number of hydrogen-bond acceptors (Lipinski definition) is 5. The number of benzene rings is 2. The first-order chi connectivity index (χ1) is 13.0. The van der Waals surface area contributed by atoms with Gasteiger partial charge >= 0.3 is 11.6 Å². The highest BCUT2D eigenvalue weighted by Gasteiger charge is 2.20. The number of aryl methyl sites for hydroxylation is 1. The van der Waals surface area contributed by atoms with Crippen LogP contribution in [0.25, 0.3) is 11.0 Å². The lowest BCUT2D eigenvalue weighted by Crippen LogP contribution is -2.16. The maximum atomic E-state index is 12.6. The Morgan fingerprint density at radius 1 is 1.11 bits per heavy atom. The minimum absolute atomic E-state index is 0.0296.